The summed E-state index contributed by atoms with van der Waals surface area (Å²) in [5.74, 6) is -0.286. The molecule has 2 atom stereocenters. The minimum atomic E-state index is -0.960. The number of nitrogens with one attached hydrogen (secondary N) is 4. The van der Waals surface area contributed by atoms with Gasteiger partial charge in [-0.2, -0.15) is 0 Å². The van der Waals surface area contributed by atoms with Crippen LogP contribution in [-0.2, 0) is 43.6 Å². The van der Waals surface area contributed by atoms with E-state index in [2.05, 4.69) is 30.8 Å². The van der Waals surface area contributed by atoms with Gasteiger partial charge in [-0.3, -0.25) is 14.4 Å². The molecule has 1 aliphatic carbocycles. The lowest BCUT2D eigenvalue weighted by Crippen LogP contribution is -2.55. The van der Waals surface area contributed by atoms with Gasteiger partial charge in [0.1, 0.15) is 18.7 Å². The van der Waals surface area contributed by atoms with Gasteiger partial charge in [0.15, 0.2) is 0 Å². The molecular weight excluding hydrogens is 745 g/mol. The van der Waals surface area contributed by atoms with Crippen molar-refractivity contribution in [2.75, 3.05) is 19.7 Å². The first-order chi connectivity index (χ1) is 29.0. The molecule has 4 N–H and O–H groups in total. The van der Waals surface area contributed by atoms with Gasteiger partial charge in [0.05, 0.1) is 19.5 Å². The van der Waals surface area contributed by atoms with Gasteiger partial charge in [-0.15, -0.1) is 0 Å². The Morgan fingerprint density at radius 3 is 2.02 bits per heavy atom. The Morgan fingerprint density at radius 1 is 0.678 bits per heavy atom. The lowest BCUT2D eigenvalue weighted by Gasteiger charge is -2.24. The predicted octanol–water partition coefficient (Wildman–Crippen LogP) is 8.15. The standard InChI is InChI=1S/C47H70N6O6/c54-44(28-17-6-4-2-1-3-5-7-20-33-53-34-32-48-38-53)51-43(37-58-35-40-23-13-9-14-24-40)46(56)52-42(45(55)49-31-29-39-21-11-8-12-22-39)27-18-19-30-50-47(57)59-36-41-25-15-10-16-26-41/h9-10,13-16,23-26,32,34,38-39,42-43H,1-8,11-12,17-22,27-31,33,35-37H2,(H,49,55)(H,50,57)(H,51,54)(H,52,56)/t42-,43-/m0/s1. The summed E-state index contributed by atoms with van der Waals surface area (Å²) in [7, 11) is 0. The number of aryl methyl sites for hydroxylation is 1. The summed E-state index contributed by atoms with van der Waals surface area (Å²) in [6.07, 6.45) is 24.1. The van der Waals surface area contributed by atoms with Gasteiger partial charge in [0.25, 0.3) is 0 Å². The molecule has 0 bridgehead atoms. The molecule has 324 valence electrons. The van der Waals surface area contributed by atoms with Crippen LogP contribution in [-0.4, -0.2) is 65.1 Å². The van der Waals surface area contributed by atoms with Crippen molar-refractivity contribution in [3.63, 3.8) is 0 Å². The Bertz CT molecular complexity index is 1570. The quantitative estimate of drug-likeness (QED) is 0.0496. The third-order valence-corrected chi connectivity index (χ3v) is 11.0. The molecule has 4 rings (SSSR count). The average molecular weight is 815 g/mol. The number of carbonyl (C=O) groups excluding carboxylic acids is 4. The van der Waals surface area contributed by atoms with Gasteiger partial charge in [-0.1, -0.05) is 138 Å². The number of alkyl carbamates (subject to hydrolysis) is 1. The highest BCUT2D eigenvalue weighted by atomic mass is 16.5. The molecule has 1 fully saturated rings. The van der Waals surface area contributed by atoms with Crippen molar-refractivity contribution in [3.8, 4) is 0 Å². The number of carbonyl (C=O) groups is 4. The third kappa shape index (κ3) is 21.2. The van der Waals surface area contributed by atoms with Gasteiger partial charge in [0, 0.05) is 38.4 Å². The molecule has 4 amide bonds. The third-order valence-electron chi connectivity index (χ3n) is 11.0. The Kier molecular flexibility index (Phi) is 23.5. The highest BCUT2D eigenvalue weighted by Gasteiger charge is 2.27. The summed E-state index contributed by atoms with van der Waals surface area (Å²) in [4.78, 5) is 57.0. The first-order valence-corrected chi connectivity index (χ1v) is 22.4. The van der Waals surface area contributed by atoms with Crippen LogP contribution < -0.4 is 21.3 Å². The van der Waals surface area contributed by atoms with E-state index < -0.39 is 24.1 Å². The van der Waals surface area contributed by atoms with Crippen LogP contribution in [0.3, 0.4) is 0 Å². The smallest absolute Gasteiger partial charge is 0.407 e. The molecule has 1 aliphatic rings. The minimum absolute atomic E-state index is 0.0280. The van der Waals surface area contributed by atoms with E-state index in [0.29, 0.717) is 44.7 Å². The Hall–Kier alpha value is -4.71. The fourth-order valence-electron chi connectivity index (χ4n) is 7.53. The molecule has 1 aromatic heterocycles. The number of aromatic nitrogens is 2. The predicted molar refractivity (Wildman–Crippen MR) is 231 cm³/mol. The Labute approximate surface area is 352 Å². The van der Waals surface area contributed by atoms with Gasteiger partial charge < -0.3 is 35.3 Å². The first kappa shape index (κ1) is 47.0. The molecule has 0 saturated heterocycles. The molecule has 1 saturated carbocycles. The van der Waals surface area contributed by atoms with Crippen molar-refractivity contribution in [1.82, 2.24) is 30.8 Å². The summed E-state index contributed by atoms with van der Waals surface area (Å²) < 4.78 is 13.4. The van der Waals surface area contributed by atoms with E-state index in [9.17, 15) is 19.2 Å². The van der Waals surface area contributed by atoms with E-state index in [-0.39, 0.29) is 31.6 Å². The maximum Gasteiger partial charge on any atom is 0.407 e. The molecule has 12 nitrogen and oxygen atoms in total. The van der Waals surface area contributed by atoms with Crippen molar-refractivity contribution in [3.05, 3.63) is 90.5 Å². The number of ether oxygens (including phenoxy) is 2. The van der Waals surface area contributed by atoms with E-state index in [1.54, 1.807) is 0 Å². The zero-order chi connectivity index (χ0) is 41.6. The number of rotatable bonds is 30. The van der Waals surface area contributed by atoms with Crippen molar-refractivity contribution < 1.29 is 28.7 Å². The first-order valence-electron chi connectivity index (χ1n) is 22.4. The van der Waals surface area contributed by atoms with Crippen LogP contribution in [0, 0.1) is 5.92 Å². The van der Waals surface area contributed by atoms with Crippen LogP contribution in [0.1, 0.15) is 133 Å². The number of hydrogen-bond donors (Lipinski definition) is 4. The zero-order valence-electron chi connectivity index (χ0n) is 35.3. The van der Waals surface area contributed by atoms with Crippen molar-refractivity contribution >= 4 is 23.8 Å². The van der Waals surface area contributed by atoms with Gasteiger partial charge >= 0.3 is 6.09 Å². The Balaban J connectivity index is 1.22. The average Bonchev–Trinajstić information content (AvgIpc) is 3.78. The molecule has 1 heterocycles. The molecule has 3 aromatic rings. The monoisotopic (exact) mass is 815 g/mol. The maximum absolute atomic E-state index is 13.9. The van der Waals surface area contributed by atoms with Crippen molar-refractivity contribution in [2.45, 2.75) is 154 Å². The van der Waals surface area contributed by atoms with Gasteiger partial charge in [0.2, 0.25) is 17.7 Å². The Morgan fingerprint density at radius 2 is 1.34 bits per heavy atom. The number of imidazole rings is 1. The summed E-state index contributed by atoms with van der Waals surface area (Å²) in [5, 5.41) is 11.7. The second-order valence-corrected chi connectivity index (χ2v) is 16.0. The lowest BCUT2D eigenvalue weighted by molar-refractivity contribution is -0.133. The topological polar surface area (TPSA) is 153 Å². The molecule has 0 unspecified atom stereocenters. The van der Waals surface area contributed by atoms with E-state index in [1.165, 1.54) is 64.2 Å². The van der Waals surface area contributed by atoms with Crippen LogP contribution in [0.4, 0.5) is 4.79 Å². The summed E-state index contributed by atoms with van der Waals surface area (Å²) in [6.45, 7) is 2.39. The van der Waals surface area contributed by atoms with E-state index in [1.807, 2.05) is 79.4 Å². The second-order valence-electron chi connectivity index (χ2n) is 16.0. The number of benzene rings is 2. The van der Waals surface area contributed by atoms with Crippen molar-refractivity contribution in [2.24, 2.45) is 5.92 Å². The second kappa shape index (κ2) is 29.5. The van der Waals surface area contributed by atoms with Crippen LogP contribution in [0.15, 0.2) is 79.4 Å². The fraction of sp³-hybridized carbons (Fsp3) is 0.596. The highest BCUT2D eigenvalue weighted by molar-refractivity contribution is 5.92. The normalized spacial score (nSPS) is 13.9. The SMILES string of the molecule is O=C(CCCCCCCCCCCn1ccnc1)N[C@@H](COCc1ccccc1)C(=O)N[C@@H](CCCCNC(=O)OCc1ccccc1)C(=O)NCCC1CCCCC1. The van der Waals surface area contributed by atoms with Crippen LogP contribution in [0.5, 0.6) is 0 Å². The number of unbranched alkanes of at least 4 members (excludes halogenated alkanes) is 9. The van der Waals surface area contributed by atoms with E-state index in [0.717, 1.165) is 49.8 Å². The molecule has 0 aliphatic heterocycles. The minimum Gasteiger partial charge on any atom is -0.445 e. The van der Waals surface area contributed by atoms with Crippen molar-refractivity contribution in [1.29, 1.82) is 0 Å². The molecule has 59 heavy (non-hydrogen) atoms. The summed E-state index contributed by atoms with van der Waals surface area (Å²) in [6, 6.07) is 17.4. The van der Waals surface area contributed by atoms with Crippen LogP contribution in [0.25, 0.3) is 0 Å². The highest BCUT2D eigenvalue weighted by Crippen LogP contribution is 2.25. The number of amides is 4. The fourth-order valence-corrected chi connectivity index (χ4v) is 7.53. The largest absolute Gasteiger partial charge is 0.445 e. The van der Waals surface area contributed by atoms with Gasteiger partial charge in [-0.05, 0) is 55.6 Å². The molecular formula is C47H70N6O6. The lowest BCUT2D eigenvalue weighted by atomic mass is 9.87. The van der Waals surface area contributed by atoms with E-state index >= 15 is 0 Å². The zero-order valence-corrected chi connectivity index (χ0v) is 35.3. The number of hydrogen-bond acceptors (Lipinski definition) is 7. The molecule has 12 heteroatoms. The van der Waals surface area contributed by atoms with Crippen LogP contribution >= 0.6 is 0 Å². The summed E-state index contributed by atoms with van der Waals surface area (Å²) in [5.41, 5.74) is 1.86. The van der Waals surface area contributed by atoms with Gasteiger partial charge in [-0.25, -0.2) is 9.78 Å². The molecule has 2 aromatic carbocycles. The number of nitrogens with zero attached hydrogens (tertiary/aromatic N) is 2. The maximum atomic E-state index is 13.9. The summed E-state index contributed by atoms with van der Waals surface area (Å²) >= 11 is 0. The van der Waals surface area contributed by atoms with Crippen LogP contribution in [0.2, 0.25) is 0 Å². The molecule has 0 spiro atoms. The molecule has 0 radical (unpaired) electrons. The van der Waals surface area contributed by atoms with E-state index in [4.69, 9.17) is 9.47 Å².